The van der Waals surface area contributed by atoms with E-state index in [1.54, 1.807) is 0 Å². The minimum atomic E-state index is -0.659. The molecule has 3 nitrogen and oxygen atoms in total. The van der Waals surface area contributed by atoms with Crippen LogP contribution in [0.2, 0.25) is 0 Å². The van der Waals surface area contributed by atoms with E-state index in [1.807, 2.05) is 109 Å². The van der Waals surface area contributed by atoms with Gasteiger partial charge in [0.05, 0.1) is 15.1 Å². The van der Waals surface area contributed by atoms with Crippen LogP contribution in [0.5, 0.6) is 0 Å². The van der Waals surface area contributed by atoms with Gasteiger partial charge in [0.25, 0.3) is 0 Å². The Labute approximate surface area is 304 Å². The number of hydrogen-bond acceptors (Lipinski definition) is 4. The summed E-state index contributed by atoms with van der Waals surface area (Å²) in [6, 6.07) is 29.1. The zero-order valence-electron chi connectivity index (χ0n) is 36.6. The Morgan fingerprint density at radius 2 is 0.898 bits per heavy atom. The Kier molecular flexibility index (Phi) is 4.96. The van der Waals surface area contributed by atoms with Crippen molar-refractivity contribution < 1.29 is 15.1 Å². The van der Waals surface area contributed by atoms with E-state index in [2.05, 4.69) is 0 Å². The number of hydrogen-bond donors (Lipinski definition) is 0. The zero-order valence-corrected chi connectivity index (χ0v) is 26.5. The first-order valence-corrected chi connectivity index (χ1v) is 16.3. The van der Waals surface area contributed by atoms with Crippen LogP contribution in [0.4, 0.5) is 0 Å². The van der Waals surface area contributed by atoms with Gasteiger partial charge in [-0.3, -0.25) is 0 Å². The number of thiophene rings is 1. The molecule has 0 saturated heterocycles. The van der Waals surface area contributed by atoms with Crippen LogP contribution in [0.1, 0.15) is 15.1 Å². The highest BCUT2D eigenvalue weighted by Crippen LogP contribution is 2.39. The van der Waals surface area contributed by atoms with Gasteiger partial charge < -0.3 is 0 Å². The zero-order chi connectivity index (χ0) is 42.1. The Morgan fingerprint density at radius 3 is 1.51 bits per heavy atom. The Hall–Kier alpha value is -6.23. The van der Waals surface area contributed by atoms with Crippen LogP contribution < -0.4 is 0 Å². The van der Waals surface area contributed by atoms with Crippen molar-refractivity contribution in [2.75, 3.05) is 0 Å². The quantitative estimate of drug-likeness (QED) is 0.179. The molecule has 0 atom stereocenters. The molecular weight excluding hydrogens is 615 g/mol. The number of nitrogens with zero attached hydrogens (tertiary/aromatic N) is 3. The fraction of sp³-hybridized carbons (Fsp3) is 0. The molecular formula is C45H29N3S. The molecule has 2 aromatic heterocycles. The molecule has 0 N–H and O–H groups in total. The van der Waals surface area contributed by atoms with Gasteiger partial charge in [0, 0.05) is 36.9 Å². The van der Waals surface area contributed by atoms with E-state index in [-0.39, 0.29) is 54.8 Å². The molecule has 2 heterocycles. The van der Waals surface area contributed by atoms with Crippen molar-refractivity contribution in [2.24, 2.45) is 0 Å². The van der Waals surface area contributed by atoms with Crippen molar-refractivity contribution in [3.8, 4) is 67.5 Å². The van der Waals surface area contributed by atoms with Gasteiger partial charge in [0.1, 0.15) is 0 Å². The monoisotopic (exact) mass is 654 g/mol. The molecule has 0 aliphatic rings. The molecule has 9 rings (SSSR count). The average molecular weight is 655 g/mol. The minimum absolute atomic E-state index is 0.000726. The molecule has 0 amide bonds. The molecule has 0 aliphatic heterocycles. The fourth-order valence-electron chi connectivity index (χ4n) is 5.83. The Balaban J connectivity index is 1.34. The number of benzene rings is 7. The number of aromatic nitrogens is 3. The summed E-state index contributed by atoms with van der Waals surface area (Å²) in [5, 5.41) is -0.0267. The van der Waals surface area contributed by atoms with Crippen LogP contribution in [-0.4, -0.2) is 15.0 Å². The van der Waals surface area contributed by atoms with Crippen LogP contribution in [-0.2, 0) is 0 Å². The molecule has 7 aromatic carbocycles. The number of fused-ring (bicyclic) bond motifs is 3. The SMILES string of the molecule is [2H]c1c([2H])c([2H])c(-c2c([2H])c([2H])c3sc4c([2H])c(-c5nc(-c6ccccc6-c6ccccc6)nc(-c6ccccc6-c6ccccc6)n5)c([2H])c([2H])c4c3c2[2H])c([2H])c1[2H]. The molecule has 49 heavy (non-hydrogen) atoms. The lowest BCUT2D eigenvalue weighted by Crippen LogP contribution is -2.02. The molecule has 9 aromatic rings. The Morgan fingerprint density at radius 1 is 0.367 bits per heavy atom. The summed E-state index contributed by atoms with van der Waals surface area (Å²) in [4.78, 5) is 14.9. The summed E-state index contributed by atoms with van der Waals surface area (Å²) in [7, 11) is 0. The van der Waals surface area contributed by atoms with E-state index in [0.29, 0.717) is 11.1 Å². The summed E-state index contributed by atoms with van der Waals surface area (Å²) in [5.41, 5.74) is 3.97. The van der Waals surface area contributed by atoms with Crippen LogP contribution in [0.25, 0.3) is 87.7 Å². The summed E-state index contributed by atoms with van der Waals surface area (Å²) in [5.74, 6) is 0.493. The lowest BCUT2D eigenvalue weighted by molar-refractivity contribution is 1.08. The molecule has 0 fully saturated rings. The van der Waals surface area contributed by atoms with Crippen molar-refractivity contribution in [3.63, 3.8) is 0 Å². The molecule has 0 unspecified atom stereocenters. The topological polar surface area (TPSA) is 38.7 Å². The van der Waals surface area contributed by atoms with Gasteiger partial charge in [-0.2, -0.15) is 0 Å². The van der Waals surface area contributed by atoms with E-state index in [0.717, 1.165) is 33.6 Å². The summed E-state index contributed by atoms with van der Waals surface area (Å²) < 4.78 is 97.5. The van der Waals surface area contributed by atoms with E-state index >= 15 is 0 Å². The van der Waals surface area contributed by atoms with Gasteiger partial charge in [-0.1, -0.05) is 158 Å². The lowest BCUT2D eigenvalue weighted by atomic mass is 9.98. The normalized spacial score (nSPS) is 14.4. The molecule has 0 bridgehead atoms. The predicted octanol–water partition coefficient (Wildman–Crippen LogP) is 12.2. The van der Waals surface area contributed by atoms with Crippen molar-refractivity contribution in [3.05, 3.63) is 176 Å². The van der Waals surface area contributed by atoms with Gasteiger partial charge in [-0.05, 0) is 51.5 Å². The molecule has 0 spiro atoms. The molecule has 230 valence electrons. The highest BCUT2D eigenvalue weighted by Gasteiger charge is 2.18. The largest absolute Gasteiger partial charge is 0.208 e. The van der Waals surface area contributed by atoms with Crippen LogP contribution in [0.3, 0.4) is 0 Å². The summed E-state index contributed by atoms with van der Waals surface area (Å²) in [6.45, 7) is 0. The van der Waals surface area contributed by atoms with Gasteiger partial charge in [-0.15, -0.1) is 11.3 Å². The molecule has 0 aliphatic carbocycles. The van der Waals surface area contributed by atoms with E-state index < -0.39 is 66.0 Å². The van der Waals surface area contributed by atoms with Gasteiger partial charge >= 0.3 is 0 Å². The highest BCUT2D eigenvalue weighted by molar-refractivity contribution is 7.25. The smallest absolute Gasteiger partial charge is 0.164 e. The van der Waals surface area contributed by atoms with Gasteiger partial charge in [0.2, 0.25) is 0 Å². The van der Waals surface area contributed by atoms with Gasteiger partial charge in [-0.25, -0.2) is 15.0 Å². The van der Waals surface area contributed by atoms with Crippen LogP contribution in [0, 0.1) is 0 Å². The van der Waals surface area contributed by atoms with E-state index in [1.165, 1.54) is 0 Å². The molecule has 4 heteroatoms. The fourth-order valence-corrected chi connectivity index (χ4v) is 6.80. The predicted molar refractivity (Wildman–Crippen MR) is 205 cm³/mol. The van der Waals surface area contributed by atoms with E-state index in [4.69, 9.17) is 24.5 Å². The van der Waals surface area contributed by atoms with E-state index in [9.17, 15) is 5.48 Å². The summed E-state index contributed by atoms with van der Waals surface area (Å²) in [6.07, 6.45) is 0. The third-order valence-electron chi connectivity index (χ3n) is 8.12. The third kappa shape index (κ3) is 5.48. The van der Waals surface area contributed by atoms with Crippen molar-refractivity contribution in [2.45, 2.75) is 0 Å². The first-order chi connectivity index (χ1) is 28.9. The highest BCUT2D eigenvalue weighted by atomic mass is 32.1. The first kappa shape index (κ1) is 19.6. The molecule has 0 radical (unpaired) electrons. The standard InChI is InChI=1S/C45H29N3S/c1-4-14-30(15-5-1)33-25-27-41-40(28-33)37-26-24-34(29-42(37)49-41)43-46-44(38-22-12-10-20-35(38)31-16-6-2-7-17-31)48-45(47-43)39-23-13-11-21-36(39)32-18-8-3-9-19-32/h1-29H/i1D,4D,5D,14D,15D,24D,25D,26D,27D,28D,29D. The van der Waals surface area contributed by atoms with Crippen molar-refractivity contribution >= 4 is 31.5 Å². The van der Waals surface area contributed by atoms with Crippen LogP contribution in [0.15, 0.2) is 176 Å². The summed E-state index contributed by atoms with van der Waals surface area (Å²) >= 11 is 0.909. The van der Waals surface area contributed by atoms with Gasteiger partial charge in [0.15, 0.2) is 17.5 Å². The maximum atomic E-state index is 9.62. The van der Waals surface area contributed by atoms with Crippen molar-refractivity contribution in [1.82, 2.24) is 15.0 Å². The minimum Gasteiger partial charge on any atom is -0.208 e. The molecule has 0 saturated carbocycles. The average Bonchev–Trinajstić information content (AvgIpc) is 3.70. The third-order valence-corrected chi connectivity index (χ3v) is 9.15. The Bertz CT molecular complexity index is 3100. The first-order valence-electron chi connectivity index (χ1n) is 21.0. The maximum absolute atomic E-state index is 9.62. The van der Waals surface area contributed by atoms with Crippen LogP contribution >= 0.6 is 11.3 Å². The second kappa shape index (κ2) is 12.4. The number of rotatable bonds is 6. The second-order valence-corrected chi connectivity index (χ2v) is 12.2. The lowest BCUT2D eigenvalue weighted by Gasteiger charge is -2.14. The van der Waals surface area contributed by atoms with Crippen molar-refractivity contribution in [1.29, 1.82) is 0 Å². The maximum Gasteiger partial charge on any atom is 0.164 e. The second-order valence-electron chi connectivity index (χ2n) is 11.1.